The zero-order valence-electron chi connectivity index (χ0n) is 17.0. The van der Waals surface area contributed by atoms with E-state index in [0.29, 0.717) is 0 Å². The van der Waals surface area contributed by atoms with Gasteiger partial charge < -0.3 is 0 Å². The van der Waals surface area contributed by atoms with Gasteiger partial charge in [-0.3, -0.25) is 5.32 Å². The molecule has 144 valence electrons. The molecule has 0 aromatic heterocycles. The molecule has 2 atom stereocenters. The van der Waals surface area contributed by atoms with E-state index in [1.54, 1.807) is 0 Å². The van der Waals surface area contributed by atoms with Crippen molar-refractivity contribution in [3.63, 3.8) is 0 Å². The first-order valence-corrected chi connectivity index (χ1v) is 10.5. The van der Waals surface area contributed by atoms with Crippen LogP contribution in [0.4, 0.5) is 0 Å². The third-order valence-corrected chi connectivity index (χ3v) is 6.48. The molecule has 0 radical (unpaired) electrons. The van der Waals surface area contributed by atoms with E-state index in [1.165, 1.54) is 49.7 Å². The number of hydrogen-bond acceptors (Lipinski definition) is 1. The number of halogens is 1. The lowest BCUT2D eigenvalue weighted by Gasteiger charge is -2.36. The summed E-state index contributed by atoms with van der Waals surface area (Å²) in [5.74, 6) is 0. The van der Waals surface area contributed by atoms with Gasteiger partial charge >= 0.3 is 0 Å². The van der Waals surface area contributed by atoms with Gasteiger partial charge in [-0.25, -0.2) is 0 Å². The van der Waals surface area contributed by atoms with Crippen molar-refractivity contribution in [2.24, 2.45) is 0 Å². The van der Waals surface area contributed by atoms with Crippen molar-refractivity contribution < 1.29 is 0 Å². The highest BCUT2D eigenvalue weighted by Gasteiger charge is 2.32. The maximum absolute atomic E-state index is 6.18. The van der Waals surface area contributed by atoms with Gasteiger partial charge in [0.2, 0.25) is 0 Å². The molecule has 0 fully saturated rings. The molecule has 0 saturated heterocycles. The quantitative estimate of drug-likeness (QED) is 0.377. The van der Waals surface area contributed by atoms with Gasteiger partial charge in [0.1, 0.15) is 0 Å². The van der Waals surface area contributed by atoms with Gasteiger partial charge in [0.15, 0.2) is 0 Å². The fourth-order valence-corrected chi connectivity index (χ4v) is 4.83. The first kappa shape index (κ1) is 18.4. The summed E-state index contributed by atoms with van der Waals surface area (Å²) in [4.78, 5) is 0. The summed E-state index contributed by atoms with van der Waals surface area (Å²) in [6, 6.07) is 26.5. The molecule has 1 N–H and O–H groups in total. The second-order valence-electron chi connectivity index (χ2n) is 8.19. The zero-order valence-corrected chi connectivity index (χ0v) is 17.7. The molecule has 4 aromatic carbocycles. The molecule has 1 aliphatic rings. The number of aryl methyl sites for hydroxylation is 3. The van der Waals surface area contributed by atoms with E-state index in [9.17, 15) is 0 Å². The molecule has 2 heteroatoms. The fraction of sp³-hybridized carbons (Fsp3) is 0.185. The average Bonchev–Trinajstić information content (AvgIpc) is 2.73. The monoisotopic (exact) mass is 397 g/mol. The van der Waals surface area contributed by atoms with Crippen molar-refractivity contribution in [1.29, 1.82) is 0 Å². The van der Waals surface area contributed by atoms with Crippen molar-refractivity contribution in [3.05, 3.63) is 117 Å². The second kappa shape index (κ2) is 7.02. The van der Waals surface area contributed by atoms with E-state index in [-0.39, 0.29) is 12.1 Å². The molecule has 1 aliphatic heterocycles. The van der Waals surface area contributed by atoms with E-state index >= 15 is 0 Å². The van der Waals surface area contributed by atoms with Crippen LogP contribution in [0.1, 0.15) is 51.0 Å². The second-order valence-corrected chi connectivity index (χ2v) is 8.62. The Balaban J connectivity index is 1.82. The Labute approximate surface area is 177 Å². The van der Waals surface area contributed by atoms with Crippen LogP contribution in [-0.4, -0.2) is 0 Å². The summed E-state index contributed by atoms with van der Waals surface area (Å²) in [6.07, 6.45) is 0. The Morgan fingerprint density at radius 3 is 1.62 bits per heavy atom. The Kier molecular flexibility index (Phi) is 4.46. The molecule has 1 unspecified atom stereocenters. The first-order valence-electron chi connectivity index (χ1n) is 10.1. The standard InChI is InChI=1S/C27H24ClN/c1-16-4-8-20(9-5-16)26-23-17(2)6-10-19-11-7-18(3)24(25(19)23)27(29-26)21-12-14-22(28)15-13-21/h4-15,26-27,29H,1-3H3/t26?,27-/m0/s1. The van der Waals surface area contributed by atoms with E-state index in [0.717, 1.165) is 5.02 Å². The lowest BCUT2D eigenvalue weighted by atomic mass is 9.79. The molecule has 0 bridgehead atoms. The van der Waals surface area contributed by atoms with Crippen molar-refractivity contribution in [2.45, 2.75) is 32.9 Å². The Morgan fingerprint density at radius 2 is 1.10 bits per heavy atom. The van der Waals surface area contributed by atoms with Gasteiger partial charge in [0, 0.05) is 5.02 Å². The fourth-order valence-electron chi connectivity index (χ4n) is 4.70. The molecule has 5 rings (SSSR count). The third kappa shape index (κ3) is 3.06. The number of nitrogens with one attached hydrogen (secondary N) is 1. The summed E-state index contributed by atoms with van der Waals surface area (Å²) < 4.78 is 0. The minimum atomic E-state index is 0.122. The summed E-state index contributed by atoms with van der Waals surface area (Å²) in [7, 11) is 0. The molecule has 4 aromatic rings. The van der Waals surface area contributed by atoms with Crippen LogP contribution >= 0.6 is 11.6 Å². The Morgan fingerprint density at radius 1 is 0.621 bits per heavy atom. The van der Waals surface area contributed by atoms with E-state index < -0.39 is 0 Å². The number of benzene rings is 4. The highest BCUT2D eigenvalue weighted by molar-refractivity contribution is 6.30. The van der Waals surface area contributed by atoms with Gasteiger partial charge in [0.05, 0.1) is 12.1 Å². The maximum atomic E-state index is 6.18. The van der Waals surface area contributed by atoms with Crippen molar-refractivity contribution >= 4 is 22.4 Å². The lowest BCUT2D eigenvalue weighted by molar-refractivity contribution is 0.528. The predicted molar refractivity (Wildman–Crippen MR) is 123 cm³/mol. The van der Waals surface area contributed by atoms with Crippen LogP contribution in [0.2, 0.25) is 5.02 Å². The highest BCUT2D eigenvalue weighted by atomic mass is 35.5. The normalized spacial score (nSPS) is 18.2. The van der Waals surface area contributed by atoms with Crippen LogP contribution in [0.25, 0.3) is 10.8 Å². The van der Waals surface area contributed by atoms with E-state index in [4.69, 9.17) is 11.6 Å². The topological polar surface area (TPSA) is 12.0 Å². The zero-order chi connectivity index (χ0) is 20.1. The van der Waals surface area contributed by atoms with Gasteiger partial charge in [-0.1, -0.05) is 77.8 Å². The van der Waals surface area contributed by atoms with Crippen molar-refractivity contribution in [2.75, 3.05) is 0 Å². The largest absolute Gasteiger partial charge is 0.295 e. The molecule has 0 spiro atoms. The number of rotatable bonds is 2. The third-order valence-electron chi connectivity index (χ3n) is 6.23. The van der Waals surface area contributed by atoms with Crippen molar-refractivity contribution in [3.8, 4) is 0 Å². The van der Waals surface area contributed by atoms with Gasteiger partial charge in [-0.15, -0.1) is 0 Å². The molecule has 0 amide bonds. The summed E-state index contributed by atoms with van der Waals surface area (Å²) in [6.45, 7) is 6.59. The molecule has 0 aliphatic carbocycles. The van der Waals surface area contributed by atoms with Gasteiger partial charge in [0.25, 0.3) is 0 Å². The summed E-state index contributed by atoms with van der Waals surface area (Å²) in [5, 5.41) is 7.46. The minimum Gasteiger partial charge on any atom is -0.295 e. The van der Waals surface area contributed by atoms with Crippen LogP contribution < -0.4 is 5.32 Å². The predicted octanol–water partition coefficient (Wildman–Crippen LogP) is 7.20. The molecular formula is C27H24ClN. The average molecular weight is 398 g/mol. The SMILES string of the molecule is Cc1ccc(C2N[C@@H](c3ccc(Cl)cc3)c3c(C)ccc4ccc(C)c2c34)cc1. The van der Waals surface area contributed by atoms with Crippen LogP contribution in [0, 0.1) is 20.8 Å². The maximum Gasteiger partial charge on any atom is 0.0592 e. The van der Waals surface area contributed by atoms with Gasteiger partial charge in [-0.05, 0) is 77.1 Å². The number of hydrogen-bond donors (Lipinski definition) is 1. The molecular weight excluding hydrogens is 374 g/mol. The molecule has 1 nitrogen and oxygen atoms in total. The minimum absolute atomic E-state index is 0.122. The molecule has 29 heavy (non-hydrogen) atoms. The van der Waals surface area contributed by atoms with E-state index in [1.807, 2.05) is 12.1 Å². The lowest BCUT2D eigenvalue weighted by Crippen LogP contribution is -2.33. The molecule has 0 saturated carbocycles. The smallest absolute Gasteiger partial charge is 0.0592 e. The summed E-state index contributed by atoms with van der Waals surface area (Å²) >= 11 is 6.18. The van der Waals surface area contributed by atoms with E-state index in [2.05, 4.69) is 86.8 Å². The van der Waals surface area contributed by atoms with Crippen molar-refractivity contribution in [1.82, 2.24) is 5.32 Å². The van der Waals surface area contributed by atoms with Crippen LogP contribution in [0.15, 0.2) is 72.8 Å². The first-order chi connectivity index (χ1) is 14.0. The Bertz CT molecular complexity index is 1110. The van der Waals surface area contributed by atoms with Crippen LogP contribution in [0.5, 0.6) is 0 Å². The highest BCUT2D eigenvalue weighted by Crippen LogP contribution is 2.44. The van der Waals surface area contributed by atoms with Gasteiger partial charge in [-0.2, -0.15) is 0 Å². The summed E-state index contributed by atoms with van der Waals surface area (Å²) in [5.41, 5.74) is 9.26. The molecule has 1 heterocycles. The Hall–Kier alpha value is -2.61. The van der Waals surface area contributed by atoms with Crippen LogP contribution in [-0.2, 0) is 0 Å². The van der Waals surface area contributed by atoms with Crippen LogP contribution in [0.3, 0.4) is 0 Å².